The van der Waals surface area contributed by atoms with E-state index in [2.05, 4.69) is 72.0 Å². The molecule has 0 N–H and O–H groups in total. The van der Waals surface area contributed by atoms with Crippen LogP contribution in [0, 0.1) is 27.7 Å². The monoisotopic (exact) mass is 294 g/mol. The molecule has 19 heavy (non-hydrogen) atoms. The van der Waals surface area contributed by atoms with Crippen molar-refractivity contribution in [3.8, 4) is 0 Å². The van der Waals surface area contributed by atoms with E-state index in [1.807, 2.05) is 0 Å². The molecular weight excluding hydrogens is 276 g/mol. The molecule has 0 radical (unpaired) electrons. The second-order valence-corrected chi connectivity index (χ2v) is 5.42. The zero-order valence-corrected chi connectivity index (χ0v) is 12.8. The molecule has 0 aliphatic carbocycles. The van der Waals surface area contributed by atoms with Crippen LogP contribution in [0.2, 0.25) is 0 Å². The summed E-state index contributed by atoms with van der Waals surface area (Å²) in [4.78, 5) is 0. The molecule has 2 nitrogen and oxygen atoms in total. The Morgan fingerprint density at radius 3 is 1.26 bits per heavy atom. The van der Waals surface area contributed by atoms with Crippen molar-refractivity contribution in [1.82, 2.24) is 0 Å². The van der Waals surface area contributed by atoms with Crippen LogP contribution in [0.15, 0.2) is 44.3 Å². The molecule has 3 heteroatoms. The third-order valence-corrected chi connectivity index (χ3v) is 3.82. The number of rotatable bonds is 2. The van der Waals surface area contributed by atoms with Gasteiger partial charge in [-0.05, 0) is 0 Å². The second-order valence-electron chi connectivity index (χ2n) is 4.71. The summed E-state index contributed by atoms with van der Waals surface area (Å²) in [6, 6.07) is 12.5. The van der Waals surface area contributed by atoms with Crippen LogP contribution >= 0.6 is 0 Å². The van der Waals surface area contributed by atoms with Crippen molar-refractivity contribution in [3.63, 3.8) is 0 Å². The van der Waals surface area contributed by atoms with Gasteiger partial charge in [0.05, 0.1) is 0 Å². The van der Waals surface area contributed by atoms with Crippen molar-refractivity contribution >= 4 is 11.4 Å². The third kappa shape index (κ3) is 3.31. The van der Waals surface area contributed by atoms with Crippen LogP contribution in [-0.2, 0) is 14.6 Å². The second kappa shape index (κ2) is 6.14. The molecule has 0 saturated carbocycles. The third-order valence-electron chi connectivity index (χ3n) is 3.11. The number of benzene rings is 2. The molecular formula is C16H18FeN2. The fourth-order valence-electron chi connectivity index (χ4n) is 1.95. The number of hydrogen-bond acceptors (Lipinski definition) is 2. The molecule has 0 heterocycles. The number of nitrogens with zero attached hydrogens (tertiary/aromatic N) is 2. The Labute approximate surface area is 120 Å². The predicted molar refractivity (Wildman–Crippen MR) is 76.0 cm³/mol. The Kier molecular flexibility index (Phi) is 4.51. The van der Waals surface area contributed by atoms with Gasteiger partial charge in [-0.2, -0.15) is 0 Å². The maximum atomic E-state index is 4.62. The average Bonchev–Trinajstić information content (AvgIpc) is 2.36. The molecule has 0 fully saturated rings. The maximum absolute atomic E-state index is 4.62. The van der Waals surface area contributed by atoms with Crippen molar-refractivity contribution in [2.75, 3.05) is 0 Å². The van der Waals surface area contributed by atoms with E-state index in [9.17, 15) is 0 Å². The first kappa shape index (κ1) is 14.0. The Bertz CT molecular complexity index is 572. The van der Waals surface area contributed by atoms with Crippen LogP contribution in [0.25, 0.3) is 0 Å². The minimum atomic E-state index is 0.484. The first-order valence-corrected chi connectivity index (χ1v) is 7.24. The zero-order valence-electron chi connectivity index (χ0n) is 11.7. The van der Waals surface area contributed by atoms with E-state index in [1.54, 1.807) is 0 Å². The molecule has 0 saturated heterocycles. The van der Waals surface area contributed by atoms with Gasteiger partial charge in [-0.3, -0.25) is 0 Å². The van der Waals surface area contributed by atoms with Crippen molar-refractivity contribution in [2.24, 2.45) is 7.92 Å². The number of aryl methyl sites for hydroxylation is 4. The minimum absolute atomic E-state index is 0.484. The van der Waals surface area contributed by atoms with Crippen LogP contribution in [0.1, 0.15) is 22.3 Å². The predicted octanol–water partition coefficient (Wildman–Crippen LogP) is 5.33. The van der Waals surface area contributed by atoms with Crippen molar-refractivity contribution < 1.29 is 14.6 Å². The summed E-state index contributed by atoms with van der Waals surface area (Å²) in [7, 11) is 0. The van der Waals surface area contributed by atoms with Gasteiger partial charge < -0.3 is 0 Å². The van der Waals surface area contributed by atoms with E-state index in [-0.39, 0.29) is 0 Å². The van der Waals surface area contributed by atoms with Gasteiger partial charge in [0, 0.05) is 0 Å². The van der Waals surface area contributed by atoms with E-state index in [0.717, 1.165) is 11.4 Å². The molecule has 2 aromatic carbocycles. The quantitative estimate of drug-likeness (QED) is 0.668. The van der Waals surface area contributed by atoms with Crippen LogP contribution in [0.5, 0.6) is 0 Å². The van der Waals surface area contributed by atoms with Crippen molar-refractivity contribution in [2.45, 2.75) is 27.7 Å². The summed E-state index contributed by atoms with van der Waals surface area (Å²) in [5.74, 6) is 0. The first-order chi connectivity index (χ1) is 9.09. The van der Waals surface area contributed by atoms with Crippen LogP contribution in [-0.4, -0.2) is 0 Å². The van der Waals surface area contributed by atoms with E-state index in [1.165, 1.54) is 22.3 Å². The van der Waals surface area contributed by atoms with Gasteiger partial charge in [0.1, 0.15) is 0 Å². The van der Waals surface area contributed by atoms with Gasteiger partial charge >= 0.3 is 120 Å². The molecule has 0 bridgehead atoms. The molecule has 2 rings (SSSR count). The van der Waals surface area contributed by atoms with Gasteiger partial charge in [-0.1, -0.05) is 0 Å². The molecule has 0 atom stereocenters. The van der Waals surface area contributed by atoms with Gasteiger partial charge in [0.15, 0.2) is 0 Å². The van der Waals surface area contributed by atoms with Crippen LogP contribution < -0.4 is 0 Å². The topological polar surface area (TPSA) is 24.7 Å². The zero-order chi connectivity index (χ0) is 13.8. The van der Waals surface area contributed by atoms with Gasteiger partial charge in [-0.25, -0.2) is 0 Å². The van der Waals surface area contributed by atoms with E-state index in [0.29, 0.717) is 14.6 Å². The Morgan fingerprint density at radius 1 is 0.632 bits per heavy atom. The summed E-state index contributed by atoms with van der Waals surface area (Å²) in [5, 5.41) is 0. The summed E-state index contributed by atoms with van der Waals surface area (Å²) in [5.41, 5.74) is 6.96. The Balaban J connectivity index is 2.40. The fraction of sp³-hybridized carbons (Fsp3) is 0.250. The van der Waals surface area contributed by atoms with Crippen LogP contribution in [0.3, 0.4) is 0 Å². The van der Waals surface area contributed by atoms with Crippen molar-refractivity contribution in [3.05, 3.63) is 58.7 Å². The van der Waals surface area contributed by atoms with E-state index in [4.69, 9.17) is 0 Å². The normalized spacial score (nSPS) is 10.3. The molecule has 0 unspecified atom stereocenters. The average molecular weight is 294 g/mol. The summed E-state index contributed by atoms with van der Waals surface area (Å²) in [6.45, 7) is 8.35. The van der Waals surface area contributed by atoms with Crippen molar-refractivity contribution in [1.29, 1.82) is 0 Å². The number of hydrogen-bond donors (Lipinski definition) is 0. The van der Waals surface area contributed by atoms with Gasteiger partial charge in [-0.15, -0.1) is 0 Å². The van der Waals surface area contributed by atoms with E-state index < -0.39 is 0 Å². The molecule has 0 aromatic heterocycles. The first-order valence-electron chi connectivity index (χ1n) is 6.25. The summed E-state index contributed by atoms with van der Waals surface area (Å²) in [6.07, 6.45) is 0. The Hall–Kier alpha value is -1.44. The SMILES string of the molecule is Cc1cccc(C)c1[N]=[Fe]=[N]c1c(C)cccc1C. The van der Waals surface area contributed by atoms with Crippen LogP contribution in [0.4, 0.5) is 11.4 Å². The molecule has 2 aromatic rings. The Morgan fingerprint density at radius 2 is 0.947 bits per heavy atom. The fourth-order valence-corrected chi connectivity index (χ4v) is 3.00. The van der Waals surface area contributed by atoms with Gasteiger partial charge in [0.25, 0.3) is 0 Å². The summed E-state index contributed by atoms with van der Waals surface area (Å²) >= 11 is 0.484. The molecule has 0 aliphatic rings. The molecule has 0 amide bonds. The van der Waals surface area contributed by atoms with E-state index >= 15 is 0 Å². The molecule has 0 aliphatic heterocycles. The summed E-state index contributed by atoms with van der Waals surface area (Å²) < 4.78 is 9.23. The standard InChI is InChI=1S/2C8H9N.Fe/c2*1-6-4-3-5-7(2)8(6)9;/h2*3-5H,1-2H3;. The van der Waals surface area contributed by atoms with Gasteiger partial charge in [0.2, 0.25) is 0 Å². The molecule has 100 valence electrons. The molecule has 0 spiro atoms.